The van der Waals surface area contributed by atoms with Gasteiger partial charge in [-0.15, -0.1) is 11.3 Å². The lowest BCUT2D eigenvalue weighted by atomic mass is 10.5. The van der Waals surface area contributed by atoms with Crippen LogP contribution in [0.5, 0.6) is 0 Å². The highest BCUT2D eigenvalue weighted by Gasteiger charge is 2.26. The molecule has 11 heteroatoms. The van der Waals surface area contributed by atoms with Gasteiger partial charge >= 0.3 is 6.18 Å². The molecule has 4 N–H and O–H groups in total. The van der Waals surface area contributed by atoms with Crippen molar-refractivity contribution in [2.24, 2.45) is 10.7 Å². The Kier molecular flexibility index (Phi) is 7.45. The van der Waals surface area contributed by atoms with Gasteiger partial charge in [-0.1, -0.05) is 0 Å². The van der Waals surface area contributed by atoms with Crippen LogP contribution >= 0.6 is 23.1 Å². The summed E-state index contributed by atoms with van der Waals surface area (Å²) in [5, 5.41) is 7.19. The minimum Gasteiger partial charge on any atom is -0.370 e. The maximum Gasteiger partial charge on any atom is 0.408 e. The zero-order valence-corrected chi connectivity index (χ0v) is 13.4. The molecule has 0 aliphatic carbocycles. The quantitative estimate of drug-likeness (QED) is 0.394. The zero-order valence-electron chi connectivity index (χ0n) is 11.7. The van der Waals surface area contributed by atoms with E-state index in [1.165, 1.54) is 11.3 Å². The van der Waals surface area contributed by atoms with Gasteiger partial charge in [-0.3, -0.25) is 4.79 Å². The Bertz CT molecular complexity index is 518. The molecule has 0 spiro atoms. The van der Waals surface area contributed by atoms with Crippen LogP contribution in [0.4, 0.5) is 18.3 Å². The Morgan fingerprint density at radius 2 is 2.27 bits per heavy atom. The van der Waals surface area contributed by atoms with E-state index in [1.54, 1.807) is 24.2 Å². The van der Waals surface area contributed by atoms with E-state index in [9.17, 15) is 18.0 Å². The lowest BCUT2D eigenvalue weighted by Gasteiger charge is -2.04. The van der Waals surface area contributed by atoms with Gasteiger partial charge in [-0.25, -0.2) is 9.98 Å². The van der Waals surface area contributed by atoms with E-state index >= 15 is 0 Å². The summed E-state index contributed by atoms with van der Waals surface area (Å²) in [6.45, 7) is -1.33. The summed E-state index contributed by atoms with van der Waals surface area (Å²) in [5.41, 5.74) is 6.11. The van der Waals surface area contributed by atoms with E-state index in [2.05, 4.69) is 20.6 Å². The lowest BCUT2D eigenvalue weighted by Crippen LogP contribution is -2.25. The molecule has 0 aliphatic rings. The number of halogens is 3. The number of aromatic nitrogens is 1. The Balaban J connectivity index is 2.36. The molecule has 0 aliphatic heterocycles. The summed E-state index contributed by atoms with van der Waals surface area (Å²) in [4.78, 5) is 18.4. The van der Waals surface area contributed by atoms with E-state index in [0.29, 0.717) is 23.1 Å². The summed E-state index contributed by atoms with van der Waals surface area (Å²) in [6, 6.07) is 0. The number of nitrogens with two attached hydrogens (primary N) is 1. The first-order chi connectivity index (χ1) is 10.3. The van der Waals surface area contributed by atoms with Crippen molar-refractivity contribution >= 4 is 40.1 Å². The molecule has 0 atom stereocenters. The van der Waals surface area contributed by atoms with Gasteiger partial charge in [-0.05, 0) is 0 Å². The third-order valence-electron chi connectivity index (χ3n) is 2.22. The van der Waals surface area contributed by atoms with E-state index in [1.807, 2.05) is 0 Å². The van der Waals surface area contributed by atoms with Crippen molar-refractivity contribution in [3.8, 4) is 0 Å². The van der Waals surface area contributed by atoms with Crippen LogP contribution in [0.25, 0.3) is 0 Å². The van der Waals surface area contributed by atoms with Crippen LogP contribution in [0.15, 0.2) is 10.4 Å². The second-order valence-electron chi connectivity index (χ2n) is 4.06. The molecule has 0 fully saturated rings. The van der Waals surface area contributed by atoms with Gasteiger partial charge in [0.2, 0.25) is 5.91 Å². The first-order valence-corrected chi connectivity index (χ1v) is 8.20. The van der Waals surface area contributed by atoms with Crippen LogP contribution in [0.2, 0.25) is 0 Å². The topological polar surface area (TPSA) is 92.4 Å². The van der Waals surface area contributed by atoms with Gasteiger partial charge in [-0.2, -0.15) is 24.9 Å². The number of carbonyl (C=O) groups is 1. The SMILES string of the molecule is CNC(=O)CCSCc1csc(NC(N)=NCC(F)(F)F)n1. The van der Waals surface area contributed by atoms with Crippen LogP contribution in [-0.2, 0) is 10.5 Å². The standard InChI is InChI=1S/C11H16F3N5OS2/c1-16-8(20)2-3-21-4-7-5-22-10(18-7)19-9(15)17-6-11(12,13)14/h5H,2-4,6H2,1H3,(H,16,20)(H3,15,17,18,19). The van der Waals surface area contributed by atoms with Crippen molar-refractivity contribution in [2.75, 3.05) is 24.7 Å². The monoisotopic (exact) mass is 355 g/mol. The molecule has 1 aromatic rings. The largest absolute Gasteiger partial charge is 0.408 e. The average Bonchev–Trinajstić information content (AvgIpc) is 2.88. The molecule has 1 rings (SSSR count). The third-order valence-corrected chi connectivity index (χ3v) is 4.02. The fraction of sp³-hybridized carbons (Fsp3) is 0.545. The highest BCUT2D eigenvalue weighted by molar-refractivity contribution is 7.98. The van der Waals surface area contributed by atoms with Gasteiger partial charge in [0, 0.05) is 30.4 Å². The van der Waals surface area contributed by atoms with Crippen LogP contribution in [0, 0.1) is 0 Å². The molecule has 0 saturated carbocycles. The fourth-order valence-electron chi connectivity index (χ4n) is 1.22. The van der Waals surface area contributed by atoms with Crippen molar-refractivity contribution in [3.63, 3.8) is 0 Å². The first-order valence-electron chi connectivity index (χ1n) is 6.16. The van der Waals surface area contributed by atoms with Crippen LogP contribution < -0.4 is 16.4 Å². The van der Waals surface area contributed by atoms with Crippen molar-refractivity contribution in [1.82, 2.24) is 10.3 Å². The summed E-state index contributed by atoms with van der Waals surface area (Å²) in [5.74, 6) is 0.913. The second-order valence-corrected chi connectivity index (χ2v) is 6.02. The number of nitrogens with one attached hydrogen (secondary N) is 2. The number of thiazole rings is 1. The van der Waals surface area contributed by atoms with Crippen molar-refractivity contribution < 1.29 is 18.0 Å². The predicted octanol–water partition coefficient (Wildman–Crippen LogP) is 1.80. The molecule has 0 radical (unpaired) electrons. The smallest absolute Gasteiger partial charge is 0.370 e. The van der Waals surface area contributed by atoms with Crippen molar-refractivity contribution in [2.45, 2.75) is 18.3 Å². The molecule has 0 bridgehead atoms. The number of hydrogen-bond acceptors (Lipinski definition) is 5. The maximum atomic E-state index is 12.0. The predicted molar refractivity (Wildman–Crippen MR) is 83.1 cm³/mol. The number of aliphatic imine (C=N–C) groups is 1. The van der Waals surface area contributed by atoms with E-state index < -0.39 is 12.7 Å². The molecular weight excluding hydrogens is 339 g/mol. The summed E-state index contributed by atoms with van der Waals surface area (Å²) in [6.07, 6.45) is -3.96. The van der Waals surface area contributed by atoms with Crippen LogP contribution in [0.1, 0.15) is 12.1 Å². The van der Waals surface area contributed by atoms with Crippen molar-refractivity contribution in [1.29, 1.82) is 0 Å². The highest BCUT2D eigenvalue weighted by Crippen LogP contribution is 2.20. The van der Waals surface area contributed by atoms with E-state index in [4.69, 9.17) is 5.73 Å². The molecule has 0 aromatic carbocycles. The number of amides is 1. The van der Waals surface area contributed by atoms with E-state index in [0.717, 1.165) is 5.69 Å². The number of thioether (sulfide) groups is 1. The molecule has 0 saturated heterocycles. The summed E-state index contributed by atoms with van der Waals surface area (Å²) >= 11 is 2.76. The van der Waals surface area contributed by atoms with Gasteiger partial charge < -0.3 is 16.4 Å². The minimum atomic E-state index is -4.39. The number of guanidine groups is 1. The molecule has 22 heavy (non-hydrogen) atoms. The fourth-order valence-corrected chi connectivity index (χ4v) is 2.87. The third kappa shape index (κ3) is 8.08. The number of rotatable bonds is 7. The maximum absolute atomic E-state index is 12.0. The zero-order chi connectivity index (χ0) is 16.6. The van der Waals surface area contributed by atoms with Gasteiger partial charge in [0.15, 0.2) is 11.1 Å². The van der Waals surface area contributed by atoms with Crippen LogP contribution in [0.3, 0.4) is 0 Å². The minimum absolute atomic E-state index is 0.0261. The van der Waals surface area contributed by atoms with E-state index in [-0.39, 0.29) is 11.9 Å². The molecule has 6 nitrogen and oxygen atoms in total. The summed E-state index contributed by atoms with van der Waals surface area (Å²) in [7, 11) is 1.58. The van der Waals surface area contributed by atoms with Gasteiger partial charge in [0.25, 0.3) is 0 Å². The summed E-state index contributed by atoms with van der Waals surface area (Å²) < 4.78 is 35.9. The Hall–Kier alpha value is -1.49. The number of carbonyl (C=O) groups excluding carboxylic acids is 1. The Labute approximate surface area is 133 Å². The molecule has 1 amide bonds. The van der Waals surface area contributed by atoms with Gasteiger partial charge in [0.1, 0.15) is 6.54 Å². The van der Waals surface area contributed by atoms with Gasteiger partial charge in [0.05, 0.1) is 5.69 Å². The lowest BCUT2D eigenvalue weighted by molar-refractivity contribution is -0.120. The normalized spacial score (nSPS) is 12.3. The number of nitrogens with zero attached hydrogens (tertiary/aromatic N) is 2. The van der Waals surface area contributed by atoms with Crippen molar-refractivity contribution in [3.05, 3.63) is 11.1 Å². The Morgan fingerprint density at radius 1 is 1.55 bits per heavy atom. The average molecular weight is 355 g/mol. The highest BCUT2D eigenvalue weighted by atomic mass is 32.2. The molecule has 0 unspecified atom stereocenters. The molecule has 1 heterocycles. The second kappa shape index (κ2) is 8.83. The number of anilines is 1. The molecule has 1 aromatic heterocycles. The Morgan fingerprint density at radius 3 is 2.91 bits per heavy atom. The molecule has 124 valence electrons. The van der Waals surface area contributed by atoms with Crippen LogP contribution in [-0.4, -0.2) is 42.4 Å². The number of alkyl halides is 3. The number of hydrogen-bond donors (Lipinski definition) is 3. The molecular formula is C11H16F3N5OS2. The first kappa shape index (κ1) is 18.6.